The molecule has 0 amide bonds. The van der Waals surface area contributed by atoms with Crippen molar-refractivity contribution in [1.29, 1.82) is 0 Å². The molecule has 0 fully saturated rings. The molecule has 0 unspecified atom stereocenters. The number of ether oxygens (including phenoxy) is 1. The van der Waals surface area contributed by atoms with Crippen LogP contribution in [0.25, 0.3) is 16.8 Å². The zero-order chi connectivity index (χ0) is 25.8. The topological polar surface area (TPSA) is 112 Å². The van der Waals surface area contributed by atoms with E-state index in [0.717, 1.165) is 34.6 Å². The summed E-state index contributed by atoms with van der Waals surface area (Å²) in [7, 11) is 1.50. The third-order valence-corrected chi connectivity index (χ3v) is 5.02. The molecular weight excluding hydrogens is 442 g/mol. The lowest BCUT2D eigenvalue weighted by atomic mass is 10.0. The smallest absolute Gasteiger partial charge is 0.247 e. The number of hydrogen-bond donors (Lipinski definition) is 2. The highest BCUT2D eigenvalue weighted by Gasteiger charge is 2.10. The Morgan fingerprint density at radius 1 is 1.06 bits per heavy atom. The lowest BCUT2D eigenvalue weighted by Crippen LogP contribution is -2.03. The van der Waals surface area contributed by atoms with Crippen LogP contribution in [0.1, 0.15) is 37.6 Å². The Morgan fingerprint density at radius 3 is 2.51 bits per heavy atom. The van der Waals surface area contributed by atoms with Crippen LogP contribution in [-0.4, -0.2) is 40.8 Å². The summed E-state index contributed by atoms with van der Waals surface area (Å²) < 4.78 is 7.69. The highest BCUT2D eigenvalue weighted by Crippen LogP contribution is 2.27. The lowest BCUT2D eigenvalue weighted by Gasteiger charge is -2.12. The quantitative estimate of drug-likeness (QED) is 0.339. The van der Waals surface area contributed by atoms with Crippen LogP contribution in [0.2, 0.25) is 0 Å². The van der Waals surface area contributed by atoms with Crippen molar-refractivity contribution >= 4 is 29.9 Å². The minimum absolute atomic E-state index is 0.0458. The lowest BCUT2D eigenvalue weighted by molar-refractivity contribution is -0.0980. The molecule has 0 aliphatic heterocycles. The van der Waals surface area contributed by atoms with Crippen molar-refractivity contribution in [2.75, 3.05) is 19.0 Å². The Bertz CT molecular complexity index is 1240. The first-order chi connectivity index (χ1) is 17.0. The Hall–Kier alpha value is -4.04. The van der Waals surface area contributed by atoms with Crippen molar-refractivity contribution in [3.05, 3.63) is 72.4 Å². The van der Waals surface area contributed by atoms with E-state index in [1.165, 1.54) is 7.05 Å². The molecule has 8 heteroatoms. The molecule has 0 aliphatic rings. The van der Waals surface area contributed by atoms with Crippen LogP contribution >= 0.6 is 0 Å². The second-order valence-corrected chi connectivity index (χ2v) is 7.95. The molecule has 3 N–H and O–H groups in total. The van der Waals surface area contributed by atoms with E-state index in [1.54, 1.807) is 11.4 Å². The molecule has 0 saturated heterocycles. The summed E-state index contributed by atoms with van der Waals surface area (Å²) in [6, 6.07) is 19.3. The van der Waals surface area contributed by atoms with Gasteiger partial charge in [-0.2, -0.15) is 4.98 Å². The average molecular weight is 476 g/mol. The minimum Gasteiger partial charge on any atom is -0.491 e. The van der Waals surface area contributed by atoms with Gasteiger partial charge in [-0.1, -0.05) is 44.2 Å². The van der Waals surface area contributed by atoms with Gasteiger partial charge < -0.3 is 20.6 Å². The zero-order valence-electron chi connectivity index (χ0n) is 20.7. The molecule has 0 aliphatic carbocycles. The minimum atomic E-state index is 0.0458. The molecule has 2 heterocycles. The van der Waals surface area contributed by atoms with Crippen LogP contribution in [0.15, 0.2) is 66.9 Å². The van der Waals surface area contributed by atoms with E-state index in [1.807, 2.05) is 73.6 Å². The molecule has 0 saturated carbocycles. The first kappa shape index (κ1) is 27.2. The van der Waals surface area contributed by atoms with Crippen molar-refractivity contribution in [3.8, 4) is 16.9 Å². The molecule has 2 aromatic heterocycles. The van der Waals surface area contributed by atoms with Gasteiger partial charge in [0.1, 0.15) is 12.5 Å². The number of Topliss-reactive ketones (excluding diaryl/α,β-unsaturated/α-hetero) is 1. The predicted molar refractivity (Wildman–Crippen MR) is 140 cm³/mol. The van der Waals surface area contributed by atoms with Crippen LogP contribution in [0.5, 0.6) is 5.75 Å². The number of rotatable bonds is 8. The first-order valence-electron chi connectivity index (χ1n) is 11.3. The summed E-state index contributed by atoms with van der Waals surface area (Å²) >= 11 is 0. The molecule has 0 bridgehead atoms. The van der Waals surface area contributed by atoms with Gasteiger partial charge in [-0.25, -0.2) is 4.52 Å². The number of aromatic nitrogens is 3. The fourth-order valence-electron chi connectivity index (χ4n) is 3.25. The van der Waals surface area contributed by atoms with E-state index < -0.39 is 0 Å². The van der Waals surface area contributed by atoms with Gasteiger partial charge >= 0.3 is 0 Å². The molecule has 184 valence electrons. The van der Waals surface area contributed by atoms with Crippen molar-refractivity contribution < 1.29 is 14.3 Å². The maximum absolute atomic E-state index is 11.7. The monoisotopic (exact) mass is 475 g/mol. The Kier molecular flexibility index (Phi) is 10.6. The number of fused-ring (bicyclic) bond motifs is 1. The van der Waals surface area contributed by atoms with Crippen molar-refractivity contribution in [3.63, 3.8) is 0 Å². The summed E-state index contributed by atoms with van der Waals surface area (Å²) in [6.45, 7) is 8.59. The summed E-state index contributed by atoms with van der Waals surface area (Å²) in [5.41, 5.74) is 8.67. The summed E-state index contributed by atoms with van der Waals surface area (Å²) in [5, 5.41) is 7.84. The van der Waals surface area contributed by atoms with E-state index in [4.69, 9.17) is 9.53 Å². The summed E-state index contributed by atoms with van der Waals surface area (Å²) in [5.74, 6) is 1.91. The normalized spacial score (nSPS) is 10.1. The number of carbonyl (C=O) groups excluding carboxylic acids is 2. The summed E-state index contributed by atoms with van der Waals surface area (Å²) in [4.78, 5) is 24.3. The Labute approximate surface area is 206 Å². The number of anilines is 2. The number of ketones is 1. The SMILES string of the molecule is C=O.CC(=O)c1cccc(-c2ccc3nc(Nc4ccccc4OCCC(C)C)nn3c2)c1.CN. The van der Waals surface area contributed by atoms with Crippen molar-refractivity contribution in [2.24, 2.45) is 11.7 Å². The number of benzene rings is 2. The Balaban J connectivity index is 0.00000103. The average Bonchev–Trinajstić information content (AvgIpc) is 3.29. The second kappa shape index (κ2) is 13.6. The molecule has 8 nitrogen and oxygen atoms in total. The van der Waals surface area contributed by atoms with Crippen LogP contribution in [0, 0.1) is 5.92 Å². The summed E-state index contributed by atoms with van der Waals surface area (Å²) in [6.07, 6.45) is 2.91. The molecule has 2 aromatic carbocycles. The van der Waals surface area contributed by atoms with E-state index in [9.17, 15) is 4.79 Å². The molecule has 0 atom stereocenters. The largest absolute Gasteiger partial charge is 0.491 e. The number of nitrogens with zero attached hydrogens (tertiary/aromatic N) is 3. The van der Waals surface area contributed by atoms with Crippen molar-refractivity contribution in [1.82, 2.24) is 14.6 Å². The standard InChI is InChI=1S/C25H26N4O2.CH5N.CH2O/c1-17(2)13-14-31-23-10-5-4-9-22(23)26-25-27-24-12-11-21(16-29(24)28-25)20-8-6-7-19(15-20)18(3)30;2*1-2/h4-12,15-17H,13-14H2,1-3H3,(H,26,28);2H2,1H3;1H2. The molecule has 4 aromatic rings. The number of hydrogen-bond acceptors (Lipinski definition) is 7. The maximum Gasteiger partial charge on any atom is 0.247 e. The maximum atomic E-state index is 11.7. The third-order valence-electron chi connectivity index (χ3n) is 5.02. The second-order valence-electron chi connectivity index (χ2n) is 7.95. The van der Waals surface area contributed by atoms with Gasteiger partial charge in [-0.05, 0) is 62.2 Å². The number of nitrogens with two attached hydrogens (primary N) is 1. The van der Waals surface area contributed by atoms with Crippen LogP contribution < -0.4 is 15.8 Å². The van der Waals surface area contributed by atoms with Crippen LogP contribution in [-0.2, 0) is 4.79 Å². The number of carbonyl (C=O) groups is 2. The number of para-hydroxylation sites is 2. The van der Waals surface area contributed by atoms with Gasteiger partial charge in [0.25, 0.3) is 0 Å². The van der Waals surface area contributed by atoms with Crippen LogP contribution in [0.3, 0.4) is 0 Å². The molecule has 35 heavy (non-hydrogen) atoms. The van der Waals surface area contributed by atoms with Crippen LogP contribution in [0.4, 0.5) is 11.6 Å². The van der Waals surface area contributed by atoms with Gasteiger partial charge in [-0.15, -0.1) is 5.10 Å². The highest BCUT2D eigenvalue weighted by molar-refractivity contribution is 5.95. The predicted octanol–water partition coefficient (Wildman–Crippen LogP) is 5.16. The molecular formula is C27H33N5O3. The fourth-order valence-corrected chi connectivity index (χ4v) is 3.25. The molecule has 0 radical (unpaired) electrons. The zero-order valence-corrected chi connectivity index (χ0v) is 20.7. The molecule has 4 rings (SSSR count). The third kappa shape index (κ3) is 7.48. The van der Waals surface area contributed by atoms with E-state index in [0.29, 0.717) is 24.0 Å². The number of pyridine rings is 1. The van der Waals surface area contributed by atoms with Gasteiger partial charge in [0.05, 0.1) is 12.3 Å². The van der Waals surface area contributed by atoms with Gasteiger partial charge in [0.2, 0.25) is 5.95 Å². The van der Waals surface area contributed by atoms with Gasteiger partial charge in [-0.3, -0.25) is 4.79 Å². The fraction of sp³-hybridized carbons (Fsp3) is 0.259. The van der Waals surface area contributed by atoms with Gasteiger partial charge in [0, 0.05) is 17.3 Å². The van der Waals surface area contributed by atoms with E-state index in [2.05, 4.69) is 35.0 Å². The van der Waals surface area contributed by atoms with E-state index in [-0.39, 0.29) is 5.78 Å². The van der Waals surface area contributed by atoms with Crippen molar-refractivity contribution in [2.45, 2.75) is 27.2 Å². The first-order valence-corrected chi connectivity index (χ1v) is 11.3. The van der Waals surface area contributed by atoms with E-state index >= 15 is 0 Å². The molecule has 0 spiro atoms. The Morgan fingerprint density at radius 2 is 1.80 bits per heavy atom. The van der Waals surface area contributed by atoms with Gasteiger partial charge in [0.15, 0.2) is 11.4 Å². The number of nitrogens with one attached hydrogen (secondary N) is 1. The highest BCUT2D eigenvalue weighted by atomic mass is 16.5.